The van der Waals surface area contributed by atoms with Gasteiger partial charge >= 0.3 is 0 Å². The second kappa shape index (κ2) is 9.15. The first-order chi connectivity index (χ1) is 14.2. The van der Waals surface area contributed by atoms with Crippen LogP contribution in [0, 0.1) is 12.8 Å². The van der Waals surface area contributed by atoms with Gasteiger partial charge in [-0.1, -0.05) is 12.1 Å². The minimum Gasteiger partial charge on any atom is -0.454 e. The van der Waals surface area contributed by atoms with Crippen molar-refractivity contribution in [1.82, 2.24) is 14.9 Å². The van der Waals surface area contributed by atoms with Gasteiger partial charge in [-0.15, -0.1) is 11.3 Å². The lowest BCUT2D eigenvalue weighted by atomic mass is 9.97. The van der Waals surface area contributed by atoms with Crippen molar-refractivity contribution in [3.8, 4) is 11.5 Å². The Kier molecular flexibility index (Phi) is 6.17. The van der Waals surface area contributed by atoms with Crippen LogP contribution < -0.4 is 10.1 Å². The van der Waals surface area contributed by atoms with E-state index in [0.717, 1.165) is 37.5 Å². The van der Waals surface area contributed by atoms with Crippen molar-refractivity contribution in [2.75, 3.05) is 18.4 Å². The number of hydrogen-bond acceptors (Lipinski definition) is 6. The molecule has 0 bridgehead atoms. The summed E-state index contributed by atoms with van der Waals surface area (Å²) in [5, 5.41) is 4.15. The molecule has 0 spiro atoms. The van der Waals surface area contributed by atoms with E-state index in [1.165, 1.54) is 4.88 Å². The van der Waals surface area contributed by atoms with E-state index in [1.807, 2.05) is 49.5 Å². The zero-order valence-electron chi connectivity index (χ0n) is 16.4. The molecule has 2 aromatic heterocycles. The number of hydrogen-bond donors (Lipinski definition) is 1. The number of carbonyl (C=O) groups excluding carboxylic acids is 1. The molecule has 7 heteroatoms. The molecule has 150 valence electrons. The van der Waals surface area contributed by atoms with Gasteiger partial charge in [-0.2, -0.15) is 0 Å². The van der Waals surface area contributed by atoms with Crippen LogP contribution in [0.15, 0.2) is 55.0 Å². The quantitative estimate of drug-likeness (QED) is 0.651. The van der Waals surface area contributed by atoms with Gasteiger partial charge in [0.1, 0.15) is 5.75 Å². The molecule has 0 saturated carbocycles. The second-order valence-corrected chi connectivity index (χ2v) is 8.52. The lowest BCUT2D eigenvalue weighted by molar-refractivity contribution is -0.121. The summed E-state index contributed by atoms with van der Waals surface area (Å²) in [6, 6.07) is 11.2. The van der Waals surface area contributed by atoms with Crippen LogP contribution in [-0.4, -0.2) is 33.9 Å². The van der Waals surface area contributed by atoms with E-state index in [0.29, 0.717) is 17.2 Å². The van der Waals surface area contributed by atoms with Gasteiger partial charge in [0.25, 0.3) is 0 Å². The Hall–Kier alpha value is -2.77. The summed E-state index contributed by atoms with van der Waals surface area (Å²) in [4.78, 5) is 25.0. The van der Waals surface area contributed by atoms with Gasteiger partial charge in [0, 0.05) is 30.4 Å². The fourth-order valence-corrected chi connectivity index (χ4v) is 4.38. The van der Waals surface area contributed by atoms with Crippen molar-refractivity contribution in [1.29, 1.82) is 0 Å². The Morgan fingerprint density at radius 2 is 2.17 bits per heavy atom. The Morgan fingerprint density at radius 1 is 1.28 bits per heavy atom. The maximum absolute atomic E-state index is 13.0. The highest BCUT2D eigenvalue weighted by Gasteiger charge is 2.26. The summed E-state index contributed by atoms with van der Waals surface area (Å²) >= 11 is 1.72. The lowest BCUT2D eigenvalue weighted by Gasteiger charge is -2.31. The van der Waals surface area contributed by atoms with Crippen LogP contribution in [-0.2, 0) is 11.3 Å². The normalized spacial score (nSPS) is 17.1. The molecule has 4 rings (SSSR count). The van der Waals surface area contributed by atoms with Gasteiger partial charge in [0.2, 0.25) is 5.91 Å². The highest BCUT2D eigenvalue weighted by molar-refractivity contribution is 7.11. The molecule has 0 aliphatic carbocycles. The number of likely N-dealkylation sites (tertiary alicyclic amines) is 1. The maximum Gasteiger partial charge on any atom is 0.228 e. The van der Waals surface area contributed by atoms with Crippen LogP contribution in [0.5, 0.6) is 11.5 Å². The second-order valence-electron chi connectivity index (χ2n) is 7.20. The summed E-state index contributed by atoms with van der Waals surface area (Å²) in [6.07, 6.45) is 7.21. The van der Waals surface area contributed by atoms with Crippen molar-refractivity contribution in [3.05, 3.63) is 64.9 Å². The van der Waals surface area contributed by atoms with E-state index < -0.39 is 0 Å². The van der Waals surface area contributed by atoms with Crippen molar-refractivity contribution >= 4 is 22.9 Å². The highest BCUT2D eigenvalue weighted by Crippen LogP contribution is 2.30. The summed E-state index contributed by atoms with van der Waals surface area (Å²) in [7, 11) is 0. The highest BCUT2D eigenvalue weighted by atomic mass is 32.1. The molecular formula is C22H24N4O2S. The first kappa shape index (κ1) is 19.5. The van der Waals surface area contributed by atoms with Gasteiger partial charge in [-0.05, 0) is 50.6 Å². The zero-order chi connectivity index (χ0) is 20.1. The molecule has 1 amide bonds. The zero-order valence-corrected chi connectivity index (χ0v) is 17.2. The summed E-state index contributed by atoms with van der Waals surface area (Å²) in [6.45, 7) is 4.65. The first-order valence-corrected chi connectivity index (χ1v) is 10.6. The predicted molar refractivity (Wildman–Crippen MR) is 114 cm³/mol. The number of aromatic nitrogens is 2. The lowest BCUT2D eigenvalue weighted by Crippen LogP contribution is -2.40. The summed E-state index contributed by atoms with van der Waals surface area (Å²) < 4.78 is 5.91. The van der Waals surface area contributed by atoms with Gasteiger partial charge in [-0.25, -0.2) is 4.98 Å². The number of amides is 1. The molecule has 3 heterocycles. The Morgan fingerprint density at radius 3 is 2.97 bits per heavy atom. The molecule has 1 unspecified atom stereocenters. The Balaban J connectivity index is 1.40. The number of benzene rings is 1. The average Bonchev–Trinajstić information content (AvgIpc) is 3.15. The third-order valence-corrected chi connectivity index (χ3v) is 5.83. The third-order valence-electron chi connectivity index (χ3n) is 4.93. The number of ether oxygens (including phenoxy) is 1. The third kappa shape index (κ3) is 5.19. The number of pyridine rings is 1. The van der Waals surface area contributed by atoms with Gasteiger partial charge in [0.15, 0.2) is 5.75 Å². The number of rotatable bonds is 6. The molecule has 0 radical (unpaired) electrons. The van der Waals surface area contributed by atoms with Crippen molar-refractivity contribution in [2.45, 2.75) is 26.3 Å². The van der Waals surface area contributed by atoms with Crippen LogP contribution in [0.2, 0.25) is 0 Å². The molecular weight excluding hydrogens is 384 g/mol. The Bertz CT molecular complexity index is 960. The van der Waals surface area contributed by atoms with Gasteiger partial charge < -0.3 is 10.1 Å². The van der Waals surface area contributed by atoms with E-state index in [2.05, 4.69) is 20.2 Å². The number of thiazole rings is 1. The first-order valence-electron chi connectivity index (χ1n) is 9.79. The minimum atomic E-state index is -0.0378. The average molecular weight is 409 g/mol. The number of piperidine rings is 1. The number of nitrogens with zero attached hydrogens (tertiary/aromatic N) is 3. The largest absolute Gasteiger partial charge is 0.454 e. The monoisotopic (exact) mass is 408 g/mol. The van der Waals surface area contributed by atoms with Gasteiger partial charge in [-0.3, -0.25) is 14.7 Å². The number of para-hydroxylation sites is 2. The molecule has 3 aromatic rings. The predicted octanol–water partition coefficient (Wildman–Crippen LogP) is 4.49. The molecule has 6 nitrogen and oxygen atoms in total. The van der Waals surface area contributed by atoms with Crippen LogP contribution in [0.4, 0.5) is 5.69 Å². The fraction of sp³-hybridized carbons (Fsp3) is 0.318. The maximum atomic E-state index is 13.0. The molecule has 1 aliphatic rings. The van der Waals surface area contributed by atoms with E-state index in [-0.39, 0.29) is 11.8 Å². The SMILES string of the molecule is Cc1ncc(CN2CCCC(C(=O)Nc3ccccc3Oc3cccnc3)C2)s1. The molecule has 1 aromatic carbocycles. The molecule has 1 N–H and O–H groups in total. The number of nitrogens with one attached hydrogen (secondary N) is 1. The fourth-order valence-electron chi connectivity index (χ4n) is 3.54. The molecule has 1 atom stereocenters. The molecule has 1 saturated heterocycles. The number of aryl methyl sites for hydroxylation is 1. The smallest absolute Gasteiger partial charge is 0.228 e. The summed E-state index contributed by atoms with van der Waals surface area (Å²) in [5.41, 5.74) is 0.677. The molecule has 1 fully saturated rings. The van der Waals surface area contributed by atoms with Crippen LogP contribution in [0.3, 0.4) is 0 Å². The van der Waals surface area contributed by atoms with Crippen LogP contribution in [0.1, 0.15) is 22.7 Å². The van der Waals surface area contributed by atoms with Crippen LogP contribution >= 0.6 is 11.3 Å². The van der Waals surface area contributed by atoms with Gasteiger partial charge in [0.05, 0.1) is 22.8 Å². The van der Waals surface area contributed by atoms with Crippen molar-refractivity contribution < 1.29 is 9.53 Å². The van der Waals surface area contributed by atoms with E-state index in [9.17, 15) is 4.79 Å². The van der Waals surface area contributed by atoms with E-state index >= 15 is 0 Å². The minimum absolute atomic E-state index is 0.0378. The molecule has 1 aliphatic heterocycles. The molecule has 29 heavy (non-hydrogen) atoms. The standard InChI is InChI=1S/C22H24N4O2S/c1-16-24-13-19(29-16)15-26-11-5-6-17(14-26)22(27)25-20-8-2-3-9-21(20)28-18-7-4-10-23-12-18/h2-4,7-10,12-13,17H,5-6,11,14-15H2,1H3,(H,25,27). The van der Waals surface area contributed by atoms with Crippen LogP contribution in [0.25, 0.3) is 0 Å². The van der Waals surface area contributed by atoms with Crippen molar-refractivity contribution in [2.24, 2.45) is 5.92 Å². The van der Waals surface area contributed by atoms with E-state index in [1.54, 1.807) is 23.7 Å². The van der Waals surface area contributed by atoms with Crippen molar-refractivity contribution in [3.63, 3.8) is 0 Å². The summed E-state index contributed by atoms with van der Waals surface area (Å²) in [5.74, 6) is 1.25. The number of anilines is 1. The Labute approximate surface area is 174 Å². The number of carbonyl (C=O) groups is 1. The topological polar surface area (TPSA) is 67.4 Å². The van der Waals surface area contributed by atoms with E-state index in [4.69, 9.17) is 4.74 Å².